The molecule has 0 aliphatic rings. The third-order valence-corrected chi connectivity index (χ3v) is 5.09. The molecule has 0 saturated carbocycles. The van der Waals surface area contributed by atoms with Crippen LogP contribution in [0.3, 0.4) is 0 Å². The van der Waals surface area contributed by atoms with Gasteiger partial charge in [-0.05, 0) is 84.5 Å². The standard InChI is InChI=1S/C22H19IN2O2/c1-14-7-12-20(15(2)13-14)25-21(26)16-8-10-17(11-9-16)24-22(27)18-5-3-4-6-19(18)23/h3-13H,1-2H3,(H,24,27)(H,25,26). The zero-order valence-electron chi connectivity index (χ0n) is 15.0. The van der Waals surface area contributed by atoms with Crippen LogP contribution in [0, 0.1) is 17.4 Å². The number of hydrogen-bond donors (Lipinski definition) is 2. The van der Waals surface area contributed by atoms with E-state index in [1.807, 2.05) is 50.2 Å². The second-order valence-electron chi connectivity index (χ2n) is 6.28. The number of rotatable bonds is 4. The number of hydrogen-bond acceptors (Lipinski definition) is 2. The average Bonchev–Trinajstić information content (AvgIpc) is 2.65. The molecule has 3 aromatic carbocycles. The quantitative estimate of drug-likeness (QED) is 0.501. The number of anilines is 2. The van der Waals surface area contributed by atoms with Gasteiger partial charge in [0, 0.05) is 20.5 Å². The second kappa shape index (κ2) is 8.35. The second-order valence-corrected chi connectivity index (χ2v) is 7.45. The predicted octanol–water partition coefficient (Wildman–Crippen LogP) is 5.41. The van der Waals surface area contributed by atoms with Crippen LogP contribution in [0.15, 0.2) is 66.7 Å². The number of amides is 2. The lowest BCUT2D eigenvalue weighted by Crippen LogP contribution is -2.15. The minimum Gasteiger partial charge on any atom is -0.322 e. The van der Waals surface area contributed by atoms with E-state index in [9.17, 15) is 9.59 Å². The van der Waals surface area contributed by atoms with Crippen LogP contribution in [-0.4, -0.2) is 11.8 Å². The fourth-order valence-electron chi connectivity index (χ4n) is 2.70. The molecule has 0 saturated heterocycles. The molecule has 0 bridgehead atoms. The zero-order chi connectivity index (χ0) is 19.4. The van der Waals surface area contributed by atoms with Gasteiger partial charge in [-0.15, -0.1) is 0 Å². The lowest BCUT2D eigenvalue weighted by Gasteiger charge is -2.10. The van der Waals surface area contributed by atoms with Crippen LogP contribution in [0.2, 0.25) is 0 Å². The Hall–Kier alpha value is -2.67. The number of benzene rings is 3. The molecule has 0 radical (unpaired) electrons. The summed E-state index contributed by atoms with van der Waals surface area (Å²) >= 11 is 2.13. The Morgan fingerprint density at radius 1 is 0.815 bits per heavy atom. The first-order chi connectivity index (χ1) is 12.9. The Labute approximate surface area is 172 Å². The molecule has 2 amide bonds. The summed E-state index contributed by atoms with van der Waals surface area (Å²) < 4.78 is 0.886. The molecule has 0 atom stereocenters. The molecule has 27 heavy (non-hydrogen) atoms. The van der Waals surface area contributed by atoms with Crippen LogP contribution in [0.1, 0.15) is 31.8 Å². The molecule has 4 nitrogen and oxygen atoms in total. The van der Waals surface area contributed by atoms with Gasteiger partial charge in [-0.1, -0.05) is 29.8 Å². The van der Waals surface area contributed by atoms with E-state index in [2.05, 4.69) is 33.2 Å². The van der Waals surface area contributed by atoms with Crippen molar-refractivity contribution in [3.05, 3.63) is 92.6 Å². The summed E-state index contributed by atoms with van der Waals surface area (Å²) in [6, 6.07) is 20.1. The van der Waals surface area contributed by atoms with Crippen molar-refractivity contribution >= 4 is 45.8 Å². The van der Waals surface area contributed by atoms with Gasteiger partial charge in [0.15, 0.2) is 0 Å². The highest BCUT2D eigenvalue weighted by atomic mass is 127. The molecule has 0 fully saturated rings. The highest BCUT2D eigenvalue weighted by Crippen LogP contribution is 2.19. The first kappa shape index (κ1) is 19.1. The van der Waals surface area contributed by atoms with E-state index in [0.717, 1.165) is 20.4 Å². The maximum absolute atomic E-state index is 12.5. The lowest BCUT2D eigenvalue weighted by atomic mass is 10.1. The van der Waals surface area contributed by atoms with Crippen molar-refractivity contribution in [2.45, 2.75) is 13.8 Å². The number of carbonyl (C=O) groups excluding carboxylic acids is 2. The van der Waals surface area contributed by atoms with Gasteiger partial charge < -0.3 is 10.6 Å². The van der Waals surface area contributed by atoms with Crippen molar-refractivity contribution in [3.8, 4) is 0 Å². The summed E-state index contributed by atoms with van der Waals surface area (Å²) in [6.45, 7) is 3.98. The van der Waals surface area contributed by atoms with Crippen molar-refractivity contribution in [2.24, 2.45) is 0 Å². The van der Waals surface area contributed by atoms with E-state index in [1.165, 1.54) is 0 Å². The fraction of sp³-hybridized carbons (Fsp3) is 0.0909. The van der Waals surface area contributed by atoms with Gasteiger partial charge in [0.25, 0.3) is 11.8 Å². The lowest BCUT2D eigenvalue weighted by molar-refractivity contribution is 0.101. The summed E-state index contributed by atoms with van der Waals surface area (Å²) in [5, 5.41) is 5.77. The molecule has 0 aliphatic carbocycles. The number of aryl methyl sites for hydroxylation is 2. The van der Waals surface area contributed by atoms with Crippen molar-refractivity contribution in [2.75, 3.05) is 10.6 Å². The van der Waals surface area contributed by atoms with Crippen molar-refractivity contribution < 1.29 is 9.59 Å². The van der Waals surface area contributed by atoms with Crippen LogP contribution in [-0.2, 0) is 0 Å². The highest BCUT2D eigenvalue weighted by Gasteiger charge is 2.11. The third-order valence-electron chi connectivity index (χ3n) is 4.15. The van der Waals surface area contributed by atoms with Gasteiger partial charge in [-0.3, -0.25) is 9.59 Å². The Bertz CT molecular complexity index is 997. The third kappa shape index (κ3) is 4.74. The van der Waals surface area contributed by atoms with Crippen LogP contribution >= 0.6 is 22.6 Å². The SMILES string of the molecule is Cc1ccc(NC(=O)c2ccc(NC(=O)c3ccccc3I)cc2)c(C)c1. The molecule has 0 spiro atoms. The van der Waals surface area contributed by atoms with Gasteiger partial charge in [-0.25, -0.2) is 0 Å². The van der Waals surface area contributed by atoms with Crippen LogP contribution in [0.25, 0.3) is 0 Å². The van der Waals surface area contributed by atoms with Crippen molar-refractivity contribution in [3.63, 3.8) is 0 Å². The van der Waals surface area contributed by atoms with Crippen LogP contribution in [0.5, 0.6) is 0 Å². The molecule has 0 aliphatic heterocycles. The molecule has 5 heteroatoms. The van der Waals surface area contributed by atoms with Crippen molar-refractivity contribution in [1.29, 1.82) is 0 Å². The Kier molecular flexibility index (Phi) is 5.91. The Balaban J connectivity index is 1.68. The molecule has 0 heterocycles. The van der Waals surface area contributed by atoms with Gasteiger partial charge in [0.1, 0.15) is 0 Å². The van der Waals surface area contributed by atoms with Gasteiger partial charge in [-0.2, -0.15) is 0 Å². The normalized spacial score (nSPS) is 10.3. The molecule has 0 unspecified atom stereocenters. The monoisotopic (exact) mass is 470 g/mol. The maximum Gasteiger partial charge on any atom is 0.256 e. The molecule has 136 valence electrons. The summed E-state index contributed by atoms with van der Waals surface area (Å²) in [4.78, 5) is 24.8. The van der Waals surface area contributed by atoms with E-state index < -0.39 is 0 Å². The van der Waals surface area contributed by atoms with Crippen molar-refractivity contribution in [1.82, 2.24) is 0 Å². The first-order valence-electron chi connectivity index (χ1n) is 8.48. The maximum atomic E-state index is 12.5. The number of carbonyl (C=O) groups is 2. The Morgan fingerprint density at radius 2 is 1.52 bits per heavy atom. The zero-order valence-corrected chi connectivity index (χ0v) is 17.2. The average molecular weight is 470 g/mol. The predicted molar refractivity (Wildman–Crippen MR) is 117 cm³/mol. The van der Waals surface area contributed by atoms with Crippen LogP contribution in [0.4, 0.5) is 11.4 Å². The van der Waals surface area contributed by atoms with Gasteiger partial charge in [0.2, 0.25) is 0 Å². The first-order valence-corrected chi connectivity index (χ1v) is 9.56. The number of nitrogens with one attached hydrogen (secondary N) is 2. The summed E-state index contributed by atoms with van der Waals surface area (Å²) in [6.07, 6.45) is 0. The summed E-state index contributed by atoms with van der Waals surface area (Å²) in [5.41, 5.74) is 4.75. The smallest absolute Gasteiger partial charge is 0.256 e. The molecule has 3 rings (SSSR count). The Morgan fingerprint density at radius 3 is 2.19 bits per heavy atom. The van der Waals surface area contributed by atoms with Gasteiger partial charge in [0.05, 0.1) is 5.56 Å². The summed E-state index contributed by atoms with van der Waals surface area (Å²) in [7, 11) is 0. The number of halogens is 1. The fourth-order valence-corrected chi connectivity index (χ4v) is 3.33. The van der Waals surface area contributed by atoms with E-state index in [1.54, 1.807) is 30.3 Å². The van der Waals surface area contributed by atoms with E-state index in [0.29, 0.717) is 16.8 Å². The largest absolute Gasteiger partial charge is 0.322 e. The van der Waals surface area contributed by atoms with E-state index in [-0.39, 0.29) is 11.8 Å². The minimum atomic E-state index is -0.183. The molecule has 3 aromatic rings. The van der Waals surface area contributed by atoms with E-state index in [4.69, 9.17) is 0 Å². The molecule has 2 N–H and O–H groups in total. The van der Waals surface area contributed by atoms with Crippen LogP contribution < -0.4 is 10.6 Å². The molecular weight excluding hydrogens is 451 g/mol. The van der Waals surface area contributed by atoms with Gasteiger partial charge >= 0.3 is 0 Å². The molecular formula is C22H19IN2O2. The summed E-state index contributed by atoms with van der Waals surface area (Å²) in [5.74, 6) is -0.357. The van der Waals surface area contributed by atoms with E-state index >= 15 is 0 Å². The molecule has 0 aromatic heterocycles. The topological polar surface area (TPSA) is 58.2 Å². The minimum absolute atomic E-state index is 0.174. The highest BCUT2D eigenvalue weighted by molar-refractivity contribution is 14.1.